The van der Waals surface area contributed by atoms with E-state index in [4.69, 9.17) is 0 Å². The van der Waals surface area contributed by atoms with Gasteiger partial charge in [-0.15, -0.1) is 21.5 Å². The molecule has 0 spiro atoms. The Balaban J connectivity index is 1.40. The molecule has 0 unspecified atom stereocenters. The van der Waals surface area contributed by atoms with Crippen molar-refractivity contribution in [3.63, 3.8) is 0 Å². The Bertz CT molecular complexity index is 872. The first-order valence-electron chi connectivity index (χ1n) is 7.71. The van der Waals surface area contributed by atoms with Crippen LogP contribution >= 0.6 is 11.3 Å². The normalized spacial score (nSPS) is 17.8. The molecule has 1 aliphatic rings. The predicted molar refractivity (Wildman–Crippen MR) is 92.9 cm³/mol. The van der Waals surface area contributed by atoms with E-state index in [0.717, 1.165) is 35.9 Å². The predicted octanol–water partition coefficient (Wildman–Crippen LogP) is 1.59. The lowest BCUT2D eigenvalue weighted by Crippen LogP contribution is -2.36. The number of fused-ring (bicyclic) bond motifs is 1. The molecule has 1 N–H and O–H groups in total. The molecule has 1 saturated heterocycles. The summed E-state index contributed by atoms with van der Waals surface area (Å²) >= 11 is 1.61. The van der Waals surface area contributed by atoms with Gasteiger partial charge in [-0.3, -0.25) is 9.20 Å². The van der Waals surface area contributed by atoms with Crippen LogP contribution in [0.4, 0.5) is 5.82 Å². The third kappa shape index (κ3) is 3.00. The van der Waals surface area contributed by atoms with E-state index >= 15 is 0 Å². The summed E-state index contributed by atoms with van der Waals surface area (Å²) in [7, 11) is 0. The topological polar surface area (TPSA) is 75.4 Å². The van der Waals surface area contributed by atoms with Crippen molar-refractivity contribution >= 4 is 34.8 Å². The first-order valence-corrected chi connectivity index (χ1v) is 8.59. The molecule has 24 heavy (non-hydrogen) atoms. The van der Waals surface area contributed by atoms with Crippen molar-refractivity contribution in [2.45, 2.75) is 12.5 Å². The number of anilines is 1. The Kier molecular flexibility index (Phi) is 3.96. The molecule has 0 radical (unpaired) electrons. The number of carbonyl (C=O) groups is 1. The van der Waals surface area contributed by atoms with Crippen LogP contribution in [0.5, 0.6) is 0 Å². The van der Waals surface area contributed by atoms with Crippen LogP contribution in [0.3, 0.4) is 0 Å². The molecular weight excluding hydrogens is 324 g/mol. The quantitative estimate of drug-likeness (QED) is 0.730. The smallest absolute Gasteiger partial charge is 0.244 e. The summed E-state index contributed by atoms with van der Waals surface area (Å²) in [5.41, 5.74) is 0.738. The van der Waals surface area contributed by atoms with Gasteiger partial charge in [-0.25, -0.2) is 4.98 Å². The molecule has 4 heterocycles. The molecule has 1 fully saturated rings. The van der Waals surface area contributed by atoms with Crippen LogP contribution in [-0.4, -0.2) is 44.6 Å². The average Bonchev–Trinajstić information content (AvgIpc) is 3.33. The second-order valence-corrected chi connectivity index (χ2v) is 6.58. The molecule has 8 heteroatoms. The fourth-order valence-corrected chi connectivity index (χ4v) is 3.45. The van der Waals surface area contributed by atoms with Gasteiger partial charge in [0.2, 0.25) is 11.6 Å². The van der Waals surface area contributed by atoms with Crippen LogP contribution in [0, 0.1) is 0 Å². The number of nitrogens with one attached hydrogen (secondary N) is 1. The first-order chi connectivity index (χ1) is 11.8. The number of nitrogens with zero attached hydrogens (tertiary/aromatic N) is 5. The molecule has 0 bridgehead atoms. The zero-order chi connectivity index (χ0) is 16.4. The summed E-state index contributed by atoms with van der Waals surface area (Å²) in [5, 5.41) is 13.1. The van der Waals surface area contributed by atoms with E-state index in [-0.39, 0.29) is 11.9 Å². The highest BCUT2D eigenvalue weighted by Gasteiger charge is 2.26. The van der Waals surface area contributed by atoms with Crippen LogP contribution in [0.15, 0.2) is 42.3 Å². The van der Waals surface area contributed by atoms with Crippen molar-refractivity contribution < 1.29 is 4.79 Å². The van der Waals surface area contributed by atoms with E-state index in [2.05, 4.69) is 25.4 Å². The van der Waals surface area contributed by atoms with Gasteiger partial charge in [0, 0.05) is 42.5 Å². The fourth-order valence-electron chi connectivity index (χ4n) is 2.83. The largest absolute Gasteiger partial charge is 0.351 e. The molecular formula is C16H16N6OS. The molecule has 7 nitrogen and oxygen atoms in total. The maximum absolute atomic E-state index is 12.1. The molecule has 0 saturated carbocycles. The molecule has 122 valence electrons. The molecule has 0 aliphatic carbocycles. The van der Waals surface area contributed by atoms with E-state index < -0.39 is 0 Å². The van der Waals surface area contributed by atoms with Crippen LogP contribution in [0.1, 0.15) is 11.3 Å². The third-order valence-corrected chi connectivity index (χ3v) is 4.81. The van der Waals surface area contributed by atoms with Crippen LogP contribution in [0.25, 0.3) is 11.7 Å². The van der Waals surface area contributed by atoms with Gasteiger partial charge in [-0.05, 0) is 23.9 Å². The minimum atomic E-state index is -0.0658. The van der Waals surface area contributed by atoms with Gasteiger partial charge in [0.05, 0.1) is 0 Å². The zero-order valence-corrected chi connectivity index (χ0v) is 13.7. The lowest BCUT2D eigenvalue weighted by atomic mass is 10.2. The van der Waals surface area contributed by atoms with Crippen molar-refractivity contribution in [2.75, 3.05) is 18.0 Å². The molecule has 1 atom stereocenters. The van der Waals surface area contributed by atoms with Crippen molar-refractivity contribution in [3.8, 4) is 0 Å². The Morgan fingerprint density at radius 3 is 3.29 bits per heavy atom. The molecule has 3 aromatic rings. The van der Waals surface area contributed by atoms with Gasteiger partial charge < -0.3 is 10.2 Å². The summed E-state index contributed by atoms with van der Waals surface area (Å²) in [6.07, 6.45) is 9.53. The minimum absolute atomic E-state index is 0.0658. The Labute approximate surface area is 142 Å². The molecule has 3 aromatic heterocycles. The molecule has 0 aromatic carbocycles. The molecule has 1 amide bonds. The van der Waals surface area contributed by atoms with Gasteiger partial charge in [0.15, 0.2) is 5.82 Å². The van der Waals surface area contributed by atoms with E-state index in [9.17, 15) is 4.79 Å². The maximum Gasteiger partial charge on any atom is 0.244 e. The highest BCUT2D eigenvalue weighted by molar-refractivity contribution is 7.10. The summed E-state index contributed by atoms with van der Waals surface area (Å²) in [4.78, 5) is 19.7. The Morgan fingerprint density at radius 2 is 2.42 bits per heavy atom. The number of aromatic nitrogens is 4. The standard InChI is InChI=1S/C16H16N6OS/c23-14(4-3-13-2-1-9-24-13)19-12-5-7-21(10-12)15-16-20-18-11-22(16)8-6-17-15/h1-4,6,8-9,11-12H,5,7,10H2,(H,19,23)/b4-3+/t12-/m1/s1. The van der Waals surface area contributed by atoms with Gasteiger partial charge in [0.25, 0.3) is 0 Å². The average molecular weight is 340 g/mol. The Hall–Kier alpha value is -2.74. The van der Waals surface area contributed by atoms with Crippen LogP contribution in [0.2, 0.25) is 0 Å². The fraction of sp³-hybridized carbons (Fsp3) is 0.250. The van der Waals surface area contributed by atoms with E-state index in [1.165, 1.54) is 0 Å². The zero-order valence-electron chi connectivity index (χ0n) is 12.9. The molecule has 4 rings (SSSR count). The lowest BCUT2D eigenvalue weighted by Gasteiger charge is -2.17. The van der Waals surface area contributed by atoms with Gasteiger partial charge in [-0.2, -0.15) is 0 Å². The number of hydrogen-bond donors (Lipinski definition) is 1. The van der Waals surface area contributed by atoms with Gasteiger partial charge in [-0.1, -0.05) is 6.07 Å². The number of thiophene rings is 1. The highest BCUT2D eigenvalue weighted by atomic mass is 32.1. The van der Waals surface area contributed by atoms with Gasteiger partial charge in [0.1, 0.15) is 6.33 Å². The van der Waals surface area contributed by atoms with Gasteiger partial charge >= 0.3 is 0 Å². The van der Waals surface area contributed by atoms with E-state index in [0.29, 0.717) is 0 Å². The first kappa shape index (κ1) is 14.8. The summed E-state index contributed by atoms with van der Waals surface area (Å²) in [6, 6.07) is 4.06. The summed E-state index contributed by atoms with van der Waals surface area (Å²) < 4.78 is 1.85. The summed E-state index contributed by atoms with van der Waals surface area (Å²) in [6.45, 7) is 1.55. The lowest BCUT2D eigenvalue weighted by molar-refractivity contribution is -0.117. The third-order valence-electron chi connectivity index (χ3n) is 3.97. The van der Waals surface area contributed by atoms with Crippen molar-refractivity contribution in [3.05, 3.63) is 47.2 Å². The number of hydrogen-bond acceptors (Lipinski definition) is 6. The van der Waals surface area contributed by atoms with Crippen LogP contribution < -0.4 is 10.2 Å². The second-order valence-electron chi connectivity index (χ2n) is 5.60. The molecule has 1 aliphatic heterocycles. The maximum atomic E-state index is 12.1. The van der Waals surface area contributed by atoms with E-state index in [1.54, 1.807) is 29.9 Å². The monoisotopic (exact) mass is 340 g/mol. The van der Waals surface area contributed by atoms with Crippen molar-refractivity contribution in [1.82, 2.24) is 24.9 Å². The minimum Gasteiger partial charge on any atom is -0.351 e. The van der Waals surface area contributed by atoms with E-state index in [1.807, 2.05) is 34.2 Å². The SMILES string of the molecule is O=C(/C=C/c1cccs1)N[C@@H]1CCN(c2nccn3cnnc23)C1. The highest BCUT2D eigenvalue weighted by Crippen LogP contribution is 2.21. The number of carbonyl (C=O) groups excluding carboxylic acids is 1. The van der Waals surface area contributed by atoms with Crippen molar-refractivity contribution in [2.24, 2.45) is 0 Å². The summed E-state index contributed by atoms with van der Waals surface area (Å²) in [5.74, 6) is 0.741. The van der Waals surface area contributed by atoms with Crippen molar-refractivity contribution in [1.29, 1.82) is 0 Å². The number of rotatable bonds is 4. The number of amides is 1. The van der Waals surface area contributed by atoms with Crippen LogP contribution in [-0.2, 0) is 4.79 Å². The Morgan fingerprint density at radius 1 is 1.46 bits per heavy atom. The second kappa shape index (κ2) is 6.40.